The van der Waals surface area contributed by atoms with E-state index in [2.05, 4.69) is 10.1 Å². The fourth-order valence-corrected chi connectivity index (χ4v) is 2.53. The Balaban J connectivity index is 2.43. The monoisotopic (exact) mass is 271 g/mol. The zero-order valence-electron chi connectivity index (χ0n) is 9.88. The minimum atomic E-state index is -0.822. The molecular formula is C11H14ClN3OS. The van der Waals surface area contributed by atoms with Gasteiger partial charge in [-0.15, -0.1) is 11.3 Å². The molecule has 6 heteroatoms. The molecule has 0 aliphatic rings. The summed E-state index contributed by atoms with van der Waals surface area (Å²) in [6.07, 6.45) is 0.733. The summed E-state index contributed by atoms with van der Waals surface area (Å²) in [7, 11) is 0. The Labute approximate surface area is 109 Å². The Bertz CT molecular complexity index is 521. The molecule has 1 unspecified atom stereocenters. The lowest BCUT2D eigenvalue weighted by atomic mass is 10.2. The highest BCUT2D eigenvalue weighted by Gasteiger charge is 2.22. The summed E-state index contributed by atoms with van der Waals surface area (Å²) in [5, 5.41) is 17.7. The maximum atomic E-state index is 10.3. The summed E-state index contributed by atoms with van der Waals surface area (Å²) in [5.41, 5.74) is 1.23. The smallest absolute Gasteiger partial charge is 0.140 e. The van der Waals surface area contributed by atoms with Crippen LogP contribution in [0.2, 0.25) is 5.02 Å². The maximum Gasteiger partial charge on any atom is 0.140 e. The van der Waals surface area contributed by atoms with Crippen molar-refractivity contribution in [1.82, 2.24) is 14.8 Å². The van der Waals surface area contributed by atoms with Crippen molar-refractivity contribution in [3.05, 3.63) is 33.0 Å². The van der Waals surface area contributed by atoms with Gasteiger partial charge in [-0.3, -0.25) is 4.68 Å². The fourth-order valence-electron chi connectivity index (χ4n) is 1.66. The number of halogens is 1. The second-order valence-electron chi connectivity index (χ2n) is 4.11. The normalized spacial score (nSPS) is 13.3. The average Bonchev–Trinajstić information content (AvgIpc) is 2.83. The van der Waals surface area contributed by atoms with Crippen LogP contribution < -0.4 is 0 Å². The highest BCUT2D eigenvalue weighted by atomic mass is 35.5. The zero-order chi connectivity index (χ0) is 12.6. The number of hydrogen-bond donors (Lipinski definition) is 1. The predicted octanol–water partition coefficient (Wildman–Crippen LogP) is 2.96. The van der Waals surface area contributed by atoms with E-state index in [0.717, 1.165) is 5.01 Å². The van der Waals surface area contributed by atoms with Gasteiger partial charge in [0.2, 0.25) is 0 Å². The number of nitrogens with zero attached hydrogens (tertiary/aromatic N) is 3. The average molecular weight is 272 g/mol. The minimum Gasteiger partial charge on any atom is -0.380 e. The van der Waals surface area contributed by atoms with Crippen LogP contribution in [0.1, 0.15) is 42.4 Å². The van der Waals surface area contributed by atoms with Crippen molar-refractivity contribution in [2.24, 2.45) is 0 Å². The molecule has 0 amide bonds. The van der Waals surface area contributed by atoms with E-state index >= 15 is 0 Å². The molecular weight excluding hydrogens is 258 g/mol. The van der Waals surface area contributed by atoms with Gasteiger partial charge in [0, 0.05) is 11.4 Å². The van der Waals surface area contributed by atoms with Gasteiger partial charge in [-0.2, -0.15) is 5.10 Å². The van der Waals surface area contributed by atoms with Crippen molar-refractivity contribution in [1.29, 1.82) is 0 Å². The van der Waals surface area contributed by atoms with Gasteiger partial charge >= 0.3 is 0 Å². The lowest BCUT2D eigenvalue weighted by molar-refractivity contribution is 0.201. The molecule has 0 saturated carbocycles. The number of aliphatic hydroxyl groups is 1. The quantitative estimate of drug-likeness (QED) is 0.934. The van der Waals surface area contributed by atoms with Crippen molar-refractivity contribution in [3.8, 4) is 0 Å². The van der Waals surface area contributed by atoms with Crippen LogP contribution in [-0.2, 0) is 0 Å². The van der Waals surface area contributed by atoms with E-state index in [1.165, 1.54) is 11.3 Å². The third kappa shape index (κ3) is 2.36. The molecule has 4 nitrogen and oxygen atoms in total. The molecule has 1 atom stereocenters. The summed E-state index contributed by atoms with van der Waals surface area (Å²) in [5.74, 6) is 0. The second-order valence-corrected chi connectivity index (χ2v) is 5.58. The lowest BCUT2D eigenvalue weighted by Gasteiger charge is -2.15. The van der Waals surface area contributed by atoms with Crippen LogP contribution in [0.25, 0.3) is 0 Å². The summed E-state index contributed by atoms with van der Waals surface area (Å²) in [6, 6.07) is 0.145. The first kappa shape index (κ1) is 12.5. The largest absolute Gasteiger partial charge is 0.380 e. The van der Waals surface area contributed by atoms with Crippen LogP contribution in [0.4, 0.5) is 0 Å². The van der Waals surface area contributed by atoms with E-state index in [0.29, 0.717) is 16.4 Å². The number of aromatic nitrogens is 3. The molecule has 2 aromatic rings. The number of rotatable bonds is 3. The molecule has 0 aromatic carbocycles. The van der Waals surface area contributed by atoms with E-state index in [1.807, 2.05) is 26.2 Å². The zero-order valence-corrected chi connectivity index (χ0v) is 11.5. The predicted molar refractivity (Wildman–Crippen MR) is 68.5 cm³/mol. The molecule has 0 bridgehead atoms. The Hall–Kier alpha value is -0.910. The SMILES string of the molecule is Cc1nc(C(O)c2c(Cl)cnn2C(C)C)cs1. The first-order valence-electron chi connectivity index (χ1n) is 5.33. The summed E-state index contributed by atoms with van der Waals surface area (Å²) >= 11 is 7.58. The molecule has 0 aliphatic carbocycles. The van der Waals surface area contributed by atoms with Gasteiger partial charge < -0.3 is 5.11 Å². The minimum absolute atomic E-state index is 0.145. The molecule has 2 rings (SSSR count). The van der Waals surface area contributed by atoms with Crippen LogP contribution in [0.3, 0.4) is 0 Å². The van der Waals surface area contributed by atoms with Crippen molar-refractivity contribution >= 4 is 22.9 Å². The van der Waals surface area contributed by atoms with Crippen molar-refractivity contribution in [2.75, 3.05) is 0 Å². The Morgan fingerprint density at radius 1 is 1.47 bits per heavy atom. The highest BCUT2D eigenvalue weighted by Crippen LogP contribution is 2.30. The second kappa shape index (κ2) is 4.76. The topological polar surface area (TPSA) is 50.9 Å². The van der Waals surface area contributed by atoms with Gasteiger partial charge in [0.25, 0.3) is 0 Å². The van der Waals surface area contributed by atoms with Crippen LogP contribution >= 0.6 is 22.9 Å². The van der Waals surface area contributed by atoms with Crippen LogP contribution in [-0.4, -0.2) is 19.9 Å². The van der Waals surface area contributed by atoms with E-state index in [1.54, 1.807) is 10.9 Å². The molecule has 17 heavy (non-hydrogen) atoms. The van der Waals surface area contributed by atoms with Gasteiger partial charge in [-0.1, -0.05) is 11.6 Å². The third-order valence-electron chi connectivity index (χ3n) is 2.45. The Kier molecular flexibility index (Phi) is 3.51. The van der Waals surface area contributed by atoms with Crippen molar-refractivity contribution in [2.45, 2.75) is 32.9 Å². The summed E-state index contributed by atoms with van der Waals surface area (Å²) < 4.78 is 1.72. The molecule has 2 heterocycles. The van der Waals surface area contributed by atoms with Crippen molar-refractivity contribution < 1.29 is 5.11 Å². The van der Waals surface area contributed by atoms with E-state index in [-0.39, 0.29) is 6.04 Å². The third-order valence-corrected chi connectivity index (χ3v) is 3.54. The van der Waals surface area contributed by atoms with E-state index in [4.69, 9.17) is 11.6 Å². The number of thiazole rings is 1. The van der Waals surface area contributed by atoms with Gasteiger partial charge in [-0.05, 0) is 20.8 Å². The standard InChI is InChI=1S/C11H14ClN3OS/c1-6(2)15-10(8(12)4-13-15)11(16)9-5-17-7(3)14-9/h4-6,11,16H,1-3H3. The first-order valence-corrected chi connectivity index (χ1v) is 6.59. The van der Waals surface area contributed by atoms with Crippen LogP contribution in [0.15, 0.2) is 11.6 Å². The molecule has 0 radical (unpaired) electrons. The van der Waals surface area contributed by atoms with Gasteiger partial charge in [0.15, 0.2) is 0 Å². The number of aryl methyl sites for hydroxylation is 1. The summed E-state index contributed by atoms with van der Waals surface area (Å²) in [6.45, 7) is 5.89. The molecule has 2 aromatic heterocycles. The van der Waals surface area contributed by atoms with E-state index in [9.17, 15) is 5.11 Å². The molecule has 0 aliphatic heterocycles. The number of aliphatic hydroxyl groups excluding tert-OH is 1. The molecule has 0 saturated heterocycles. The van der Waals surface area contributed by atoms with Gasteiger partial charge in [0.1, 0.15) is 6.10 Å². The molecule has 1 N–H and O–H groups in total. The number of hydrogen-bond acceptors (Lipinski definition) is 4. The maximum absolute atomic E-state index is 10.3. The molecule has 0 spiro atoms. The van der Waals surface area contributed by atoms with Crippen LogP contribution in [0, 0.1) is 6.92 Å². The Morgan fingerprint density at radius 3 is 2.71 bits per heavy atom. The lowest BCUT2D eigenvalue weighted by Crippen LogP contribution is -2.12. The highest BCUT2D eigenvalue weighted by molar-refractivity contribution is 7.09. The molecule has 0 fully saturated rings. The first-order chi connectivity index (χ1) is 8.00. The van der Waals surface area contributed by atoms with Crippen molar-refractivity contribution in [3.63, 3.8) is 0 Å². The van der Waals surface area contributed by atoms with Crippen LogP contribution in [0.5, 0.6) is 0 Å². The Morgan fingerprint density at radius 2 is 2.18 bits per heavy atom. The van der Waals surface area contributed by atoms with Gasteiger partial charge in [-0.25, -0.2) is 4.98 Å². The fraction of sp³-hybridized carbons (Fsp3) is 0.455. The summed E-state index contributed by atoms with van der Waals surface area (Å²) in [4.78, 5) is 4.28. The molecule has 92 valence electrons. The van der Waals surface area contributed by atoms with Gasteiger partial charge in [0.05, 0.1) is 27.6 Å². The van der Waals surface area contributed by atoms with E-state index < -0.39 is 6.10 Å².